The van der Waals surface area contributed by atoms with Crippen LogP contribution in [0.3, 0.4) is 0 Å². The van der Waals surface area contributed by atoms with Crippen LogP contribution in [0.1, 0.15) is 22.5 Å². The van der Waals surface area contributed by atoms with Crippen LogP contribution in [-0.2, 0) is 0 Å². The number of nitrogens with two attached hydrogens (primary N) is 1. The van der Waals surface area contributed by atoms with E-state index in [0.717, 1.165) is 16.0 Å². The third kappa shape index (κ3) is 2.92. The van der Waals surface area contributed by atoms with E-state index in [1.165, 1.54) is 24.2 Å². The Bertz CT molecular complexity index is 590. The summed E-state index contributed by atoms with van der Waals surface area (Å²) in [5, 5.41) is 4.92. The summed E-state index contributed by atoms with van der Waals surface area (Å²) in [7, 11) is 0. The summed E-state index contributed by atoms with van der Waals surface area (Å²) in [6.07, 6.45) is 2.40. The average Bonchev–Trinajstić information content (AvgIpc) is 3.22. The van der Waals surface area contributed by atoms with Gasteiger partial charge in [-0.2, -0.15) is 0 Å². The van der Waals surface area contributed by atoms with Gasteiger partial charge in [0.15, 0.2) is 0 Å². The number of carbonyl (C=O) groups excluding carboxylic acids is 1. The molecule has 3 N–H and O–H groups in total. The highest BCUT2D eigenvalue weighted by Gasteiger charge is 2.28. The molecule has 20 heavy (non-hydrogen) atoms. The molecule has 3 nitrogen and oxygen atoms in total. The molecule has 1 aliphatic rings. The quantitative estimate of drug-likeness (QED) is 0.888. The number of amides is 1. The van der Waals surface area contributed by atoms with E-state index in [9.17, 15) is 4.79 Å². The number of benzene rings is 1. The zero-order valence-electron chi connectivity index (χ0n) is 11.2. The lowest BCUT2D eigenvalue weighted by molar-refractivity contribution is 0.0955. The molecule has 1 unspecified atom stereocenters. The molecule has 0 radical (unpaired) electrons. The van der Waals surface area contributed by atoms with E-state index in [1.54, 1.807) is 0 Å². The lowest BCUT2D eigenvalue weighted by atomic mass is 10.1. The maximum absolute atomic E-state index is 12.3. The van der Waals surface area contributed by atoms with Crippen LogP contribution in [-0.4, -0.2) is 18.5 Å². The van der Waals surface area contributed by atoms with Crippen LogP contribution in [0.4, 0.5) is 0 Å². The minimum atomic E-state index is -0.0186. The molecule has 1 aromatic heterocycles. The molecular formula is C16H18N2OS. The normalized spacial score (nSPS) is 15.8. The predicted octanol–water partition coefficient (Wildman–Crippen LogP) is 2.88. The fourth-order valence-electron chi connectivity index (χ4n) is 2.31. The zero-order valence-corrected chi connectivity index (χ0v) is 12.0. The van der Waals surface area contributed by atoms with E-state index in [-0.39, 0.29) is 11.9 Å². The van der Waals surface area contributed by atoms with Crippen molar-refractivity contribution in [1.82, 2.24) is 5.32 Å². The second-order valence-electron chi connectivity index (χ2n) is 5.24. The molecular weight excluding hydrogens is 268 g/mol. The van der Waals surface area contributed by atoms with Crippen LogP contribution in [0.15, 0.2) is 41.8 Å². The Hall–Kier alpha value is -1.65. The molecule has 2 aromatic rings. The van der Waals surface area contributed by atoms with Crippen LogP contribution in [0.2, 0.25) is 0 Å². The van der Waals surface area contributed by atoms with Crippen molar-refractivity contribution in [3.8, 4) is 11.1 Å². The molecule has 0 aliphatic heterocycles. The largest absolute Gasteiger partial charge is 0.350 e. The van der Waals surface area contributed by atoms with Crippen molar-refractivity contribution in [1.29, 1.82) is 0 Å². The molecule has 0 spiro atoms. The standard InChI is InChI=1S/C16H18N2OS/c17-14(12-6-7-12)10-18-16(19)15-13(8-9-20-15)11-4-2-1-3-5-11/h1-5,8-9,12,14H,6-7,10,17H2,(H,18,19). The van der Waals surface area contributed by atoms with E-state index < -0.39 is 0 Å². The Morgan fingerprint density at radius 3 is 2.75 bits per heavy atom. The second-order valence-corrected chi connectivity index (χ2v) is 6.16. The van der Waals surface area contributed by atoms with Crippen LogP contribution < -0.4 is 11.1 Å². The Kier molecular flexibility index (Phi) is 3.85. The number of thiophene rings is 1. The monoisotopic (exact) mass is 286 g/mol. The topological polar surface area (TPSA) is 55.1 Å². The van der Waals surface area contributed by atoms with Crippen molar-refractivity contribution in [2.24, 2.45) is 11.7 Å². The van der Waals surface area contributed by atoms with Crippen molar-refractivity contribution in [3.63, 3.8) is 0 Å². The van der Waals surface area contributed by atoms with Gasteiger partial charge in [0.1, 0.15) is 0 Å². The summed E-state index contributed by atoms with van der Waals surface area (Å²) in [6.45, 7) is 0.565. The first-order valence-electron chi connectivity index (χ1n) is 6.92. The van der Waals surface area contributed by atoms with Gasteiger partial charge in [-0.3, -0.25) is 4.79 Å². The van der Waals surface area contributed by atoms with Crippen molar-refractivity contribution >= 4 is 17.2 Å². The minimum Gasteiger partial charge on any atom is -0.350 e. The molecule has 1 amide bonds. The van der Waals surface area contributed by atoms with E-state index in [0.29, 0.717) is 12.5 Å². The summed E-state index contributed by atoms with van der Waals surface area (Å²) in [4.78, 5) is 13.1. The Balaban J connectivity index is 1.70. The summed E-state index contributed by atoms with van der Waals surface area (Å²) in [5.41, 5.74) is 8.09. The minimum absolute atomic E-state index is 0.0186. The second kappa shape index (κ2) is 5.77. The predicted molar refractivity (Wildman–Crippen MR) is 82.8 cm³/mol. The van der Waals surface area contributed by atoms with Gasteiger partial charge in [0.2, 0.25) is 0 Å². The molecule has 1 fully saturated rings. The lowest BCUT2D eigenvalue weighted by Gasteiger charge is -2.11. The molecule has 0 saturated heterocycles. The van der Waals surface area contributed by atoms with Crippen LogP contribution in [0, 0.1) is 5.92 Å². The van der Waals surface area contributed by atoms with E-state index in [2.05, 4.69) is 5.32 Å². The summed E-state index contributed by atoms with van der Waals surface area (Å²) < 4.78 is 0. The van der Waals surface area contributed by atoms with Crippen LogP contribution in [0.5, 0.6) is 0 Å². The van der Waals surface area contributed by atoms with E-state index >= 15 is 0 Å². The number of hydrogen-bond donors (Lipinski definition) is 2. The van der Waals surface area contributed by atoms with Crippen molar-refractivity contribution < 1.29 is 4.79 Å². The summed E-state index contributed by atoms with van der Waals surface area (Å²) in [6, 6.07) is 12.1. The van der Waals surface area contributed by atoms with Gasteiger partial charge in [-0.1, -0.05) is 30.3 Å². The maximum atomic E-state index is 12.3. The Labute approximate surface area is 122 Å². The van der Waals surface area contributed by atoms with Gasteiger partial charge in [0.05, 0.1) is 4.88 Å². The zero-order chi connectivity index (χ0) is 13.9. The fourth-order valence-corrected chi connectivity index (χ4v) is 3.14. The van der Waals surface area contributed by atoms with Gasteiger partial charge in [-0.25, -0.2) is 0 Å². The van der Waals surface area contributed by atoms with Crippen molar-refractivity contribution in [2.45, 2.75) is 18.9 Å². The Morgan fingerprint density at radius 1 is 1.30 bits per heavy atom. The third-order valence-electron chi connectivity index (χ3n) is 3.68. The van der Waals surface area contributed by atoms with Gasteiger partial charge in [0.25, 0.3) is 5.91 Å². The highest BCUT2D eigenvalue weighted by Crippen LogP contribution is 2.31. The van der Waals surface area contributed by atoms with Crippen LogP contribution in [0.25, 0.3) is 11.1 Å². The molecule has 1 aromatic carbocycles. The fraction of sp³-hybridized carbons (Fsp3) is 0.312. The molecule has 1 aliphatic carbocycles. The van der Waals surface area contributed by atoms with Crippen molar-refractivity contribution in [3.05, 3.63) is 46.7 Å². The first-order chi connectivity index (χ1) is 9.75. The summed E-state index contributed by atoms with van der Waals surface area (Å²) in [5.74, 6) is 0.585. The van der Waals surface area contributed by atoms with E-state index in [4.69, 9.17) is 5.73 Å². The van der Waals surface area contributed by atoms with Gasteiger partial charge in [-0.05, 0) is 35.8 Å². The number of carbonyl (C=O) groups is 1. The number of hydrogen-bond acceptors (Lipinski definition) is 3. The highest BCUT2D eigenvalue weighted by molar-refractivity contribution is 7.12. The summed E-state index contributed by atoms with van der Waals surface area (Å²) >= 11 is 1.48. The molecule has 104 valence electrons. The first-order valence-corrected chi connectivity index (χ1v) is 7.80. The van der Waals surface area contributed by atoms with Gasteiger partial charge >= 0.3 is 0 Å². The first kappa shape index (κ1) is 13.3. The molecule has 1 saturated carbocycles. The molecule has 1 heterocycles. The lowest BCUT2D eigenvalue weighted by Crippen LogP contribution is -2.38. The van der Waals surface area contributed by atoms with Gasteiger partial charge in [0, 0.05) is 18.2 Å². The highest BCUT2D eigenvalue weighted by atomic mass is 32.1. The number of nitrogens with one attached hydrogen (secondary N) is 1. The molecule has 3 rings (SSSR count). The van der Waals surface area contributed by atoms with Gasteiger partial charge < -0.3 is 11.1 Å². The SMILES string of the molecule is NC(CNC(=O)c1sccc1-c1ccccc1)C1CC1. The molecule has 1 atom stereocenters. The molecule has 4 heteroatoms. The average molecular weight is 286 g/mol. The van der Waals surface area contributed by atoms with Crippen molar-refractivity contribution in [2.75, 3.05) is 6.54 Å². The number of rotatable bonds is 5. The van der Waals surface area contributed by atoms with Gasteiger partial charge in [-0.15, -0.1) is 11.3 Å². The molecule has 0 bridgehead atoms. The smallest absolute Gasteiger partial charge is 0.262 e. The Morgan fingerprint density at radius 2 is 2.05 bits per heavy atom. The maximum Gasteiger partial charge on any atom is 0.262 e. The van der Waals surface area contributed by atoms with Crippen LogP contribution >= 0.6 is 11.3 Å². The third-order valence-corrected chi connectivity index (χ3v) is 4.60. The van der Waals surface area contributed by atoms with E-state index in [1.807, 2.05) is 41.8 Å².